The van der Waals surface area contributed by atoms with Crippen LogP contribution in [0, 0.1) is 19.8 Å². The summed E-state index contributed by atoms with van der Waals surface area (Å²) in [7, 11) is 0. The van der Waals surface area contributed by atoms with E-state index in [0.717, 1.165) is 57.1 Å². The number of rotatable bonds is 5. The van der Waals surface area contributed by atoms with Crippen LogP contribution in [0.3, 0.4) is 0 Å². The highest BCUT2D eigenvalue weighted by molar-refractivity contribution is 5.79. The van der Waals surface area contributed by atoms with Gasteiger partial charge in [0.2, 0.25) is 5.91 Å². The molecule has 3 heterocycles. The lowest BCUT2D eigenvalue weighted by Gasteiger charge is -2.41. The molecule has 1 aliphatic carbocycles. The normalized spacial score (nSPS) is 26.2. The molecule has 0 aromatic carbocycles. The van der Waals surface area contributed by atoms with Crippen LogP contribution in [0.1, 0.15) is 55.6 Å². The molecule has 4 rings (SSSR count). The maximum Gasteiger partial charge on any atom is 0.224 e. The Morgan fingerprint density at radius 3 is 2.58 bits per heavy atom. The molecule has 0 radical (unpaired) electrons. The monoisotopic (exact) mass is 359 g/mol. The fourth-order valence-corrected chi connectivity index (χ4v) is 4.49. The van der Waals surface area contributed by atoms with Gasteiger partial charge < -0.3 is 9.73 Å². The molecule has 2 saturated heterocycles. The van der Waals surface area contributed by atoms with E-state index >= 15 is 0 Å². The van der Waals surface area contributed by atoms with E-state index in [1.54, 1.807) is 0 Å². The molecule has 1 atom stereocenters. The number of aryl methyl sites for hydroxylation is 2. The molecule has 3 fully saturated rings. The van der Waals surface area contributed by atoms with Gasteiger partial charge in [-0.15, -0.1) is 0 Å². The minimum atomic E-state index is 0.205. The Morgan fingerprint density at radius 1 is 1.15 bits per heavy atom. The van der Waals surface area contributed by atoms with Crippen molar-refractivity contribution >= 4 is 5.91 Å². The van der Waals surface area contributed by atoms with E-state index < -0.39 is 0 Å². The summed E-state index contributed by atoms with van der Waals surface area (Å²) in [5.74, 6) is 2.64. The van der Waals surface area contributed by atoms with E-state index in [-0.39, 0.29) is 5.92 Å². The smallest absolute Gasteiger partial charge is 0.224 e. The summed E-state index contributed by atoms with van der Waals surface area (Å²) in [4.78, 5) is 17.5. The molecule has 1 saturated carbocycles. The molecule has 0 spiro atoms. The van der Waals surface area contributed by atoms with Crippen molar-refractivity contribution in [1.82, 2.24) is 15.1 Å². The predicted molar refractivity (Wildman–Crippen MR) is 102 cm³/mol. The maximum atomic E-state index is 12.4. The lowest BCUT2D eigenvalue weighted by atomic mass is 9.93. The van der Waals surface area contributed by atoms with Crippen molar-refractivity contribution in [3.05, 3.63) is 23.2 Å². The number of amides is 1. The van der Waals surface area contributed by atoms with Crippen LogP contribution in [-0.2, 0) is 11.3 Å². The molecule has 1 unspecified atom stereocenters. The molecule has 1 aromatic rings. The molecular formula is C21H33N3O2. The van der Waals surface area contributed by atoms with Crippen molar-refractivity contribution in [2.45, 2.75) is 71.0 Å². The first-order valence-electron chi connectivity index (χ1n) is 10.4. The molecule has 1 aromatic heterocycles. The number of carbonyl (C=O) groups is 1. The Balaban J connectivity index is 1.25. The fraction of sp³-hybridized carbons (Fsp3) is 0.762. The Hall–Kier alpha value is -1.33. The molecule has 0 bridgehead atoms. The number of hydrogen-bond donors (Lipinski definition) is 1. The van der Waals surface area contributed by atoms with Crippen LogP contribution >= 0.6 is 0 Å². The lowest BCUT2D eigenvalue weighted by Crippen LogP contribution is -2.50. The molecule has 144 valence electrons. The molecule has 1 N–H and O–H groups in total. The first-order valence-corrected chi connectivity index (χ1v) is 10.4. The van der Waals surface area contributed by atoms with E-state index in [1.165, 1.54) is 31.2 Å². The number of carbonyl (C=O) groups excluding carboxylic acids is 1. The first-order chi connectivity index (χ1) is 12.6. The third kappa shape index (κ3) is 4.32. The van der Waals surface area contributed by atoms with Gasteiger partial charge in [0, 0.05) is 31.7 Å². The van der Waals surface area contributed by atoms with Crippen LogP contribution in [0.4, 0.5) is 0 Å². The zero-order valence-electron chi connectivity index (χ0n) is 16.3. The minimum absolute atomic E-state index is 0.205. The second kappa shape index (κ2) is 7.73. The van der Waals surface area contributed by atoms with E-state index in [2.05, 4.69) is 28.1 Å². The molecule has 5 nitrogen and oxygen atoms in total. The standard InChI is InChI=1S/C21H33N3O2/c1-15-12-20(26-16(15)2)14-23-10-7-19(8-11-23)24-9-3-4-17(13-24)21(25)22-18-5-6-18/h12,17-19H,3-11,13-14H2,1-2H3,(H,22,25). The van der Waals surface area contributed by atoms with Crippen molar-refractivity contribution in [3.63, 3.8) is 0 Å². The first kappa shape index (κ1) is 18.1. The quantitative estimate of drug-likeness (QED) is 0.878. The summed E-state index contributed by atoms with van der Waals surface area (Å²) < 4.78 is 5.84. The van der Waals surface area contributed by atoms with Crippen LogP contribution in [-0.4, -0.2) is 54.0 Å². The summed E-state index contributed by atoms with van der Waals surface area (Å²) in [6.45, 7) is 9.44. The zero-order valence-corrected chi connectivity index (χ0v) is 16.3. The largest absolute Gasteiger partial charge is 0.465 e. The summed E-state index contributed by atoms with van der Waals surface area (Å²) in [5, 5.41) is 3.20. The van der Waals surface area contributed by atoms with E-state index in [1.807, 2.05) is 6.92 Å². The van der Waals surface area contributed by atoms with Gasteiger partial charge in [0.15, 0.2) is 0 Å². The van der Waals surface area contributed by atoms with Gasteiger partial charge in [-0.3, -0.25) is 14.6 Å². The number of nitrogens with one attached hydrogen (secondary N) is 1. The molecule has 2 aliphatic heterocycles. The van der Waals surface area contributed by atoms with Gasteiger partial charge in [-0.2, -0.15) is 0 Å². The summed E-state index contributed by atoms with van der Waals surface area (Å²) >= 11 is 0. The molecule has 5 heteroatoms. The average molecular weight is 360 g/mol. The second-order valence-electron chi connectivity index (χ2n) is 8.58. The van der Waals surface area contributed by atoms with Crippen LogP contribution in [0.2, 0.25) is 0 Å². The van der Waals surface area contributed by atoms with Crippen molar-refractivity contribution in [3.8, 4) is 0 Å². The third-order valence-corrected chi connectivity index (χ3v) is 6.42. The highest BCUT2D eigenvalue weighted by atomic mass is 16.3. The zero-order chi connectivity index (χ0) is 18.1. The maximum absolute atomic E-state index is 12.4. The van der Waals surface area contributed by atoms with Crippen molar-refractivity contribution in [2.75, 3.05) is 26.2 Å². The van der Waals surface area contributed by atoms with Crippen molar-refractivity contribution in [2.24, 2.45) is 5.92 Å². The Kier molecular flexibility index (Phi) is 5.37. The highest BCUT2D eigenvalue weighted by Crippen LogP contribution is 2.26. The van der Waals surface area contributed by atoms with Gasteiger partial charge in [-0.25, -0.2) is 0 Å². The van der Waals surface area contributed by atoms with E-state index in [4.69, 9.17) is 4.42 Å². The highest BCUT2D eigenvalue weighted by Gasteiger charge is 2.33. The molecule has 1 amide bonds. The third-order valence-electron chi connectivity index (χ3n) is 6.42. The van der Waals surface area contributed by atoms with Gasteiger partial charge in [-0.1, -0.05) is 0 Å². The number of likely N-dealkylation sites (tertiary alicyclic amines) is 2. The average Bonchev–Trinajstić information content (AvgIpc) is 3.40. The molecule has 3 aliphatic rings. The summed E-state index contributed by atoms with van der Waals surface area (Å²) in [6.07, 6.45) is 6.98. The Morgan fingerprint density at radius 2 is 1.92 bits per heavy atom. The minimum Gasteiger partial charge on any atom is -0.465 e. The number of nitrogens with zero attached hydrogens (tertiary/aromatic N) is 2. The summed E-state index contributed by atoms with van der Waals surface area (Å²) in [6, 6.07) is 3.30. The van der Waals surface area contributed by atoms with Crippen LogP contribution in [0.15, 0.2) is 10.5 Å². The predicted octanol–water partition coefficient (Wildman–Crippen LogP) is 2.85. The number of furan rings is 1. The van der Waals surface area contributed by atoms with Crippen molar-refractivity contribution < 1.29 is 9.21 Å². The lowest BCUT2D eigenvalue weighted by molar-refractivity contribution is -0.127. The topological polar surface area (TPSA) is 48.7 Å². The fourth-order valence-electron chi connectivity index (χ4n) is 4.49. The van der Waals surface area contributed by atoms with Gasteiger partial charge in [-0.05, 0) is 70.5 Å². The van der Waals surface area contributed by atoms with Crippen LogP contribution in [0.5, 0.6) is 0 Å². The van der Waals surface area contributed by atoms with Gasteiger partial charge >= 0.3 is 0 Å². The van der Waals surface area contributed by atoms with Crippen LogP contribution in [0.25, 0.3) is 0 Å². The molecular weight excluding hydrogens is 326 g/mol. The molecule has 26 heavy (non-hydrogen) atoms. The number of hydrogen-bond acceptors (Lipinski definition) is 4. The van der Waals surface area contributed by atoms with Gasteiger partial charge in [0.1, 0.15) is 11.5 Å². The Bertz CT molecular complexity index is 610. The van der Waals surface area contributed by atoms with E-state index in [0.29, 0.717) is 18.0 Å². The summed E-state index contributed by atoms with van der Waals surface area (Å²) in [5.41, 5.74) is 1.25. The second-order valence-corrected chi connectivity index (χ2v) is 8.58. The SMILES string of the molecule is Cc1cc(CN2CCC(N3CCCC(C(=O)NC4CC4)C3)CC2)oc1C. The van der Waals surface area contributed by atoms with E-state index in [9.17, 15) is 4.79 Å². The van der Waals surface area contributed by atoms with Gasteiger partial charge in [0.25, 0.3) is 0 Å². The number of piperidine rings is 2. The van der Waals surface area contributed by atoms with Gasteiger partial charge in [0.05, 0.1) is 12.5 Å². The van der Waals surface area contributed by atoms with Crippen molar-refractivity contribution in [1.29, 1.82) is 0 Å². The Labute approximate surface area is 157 Å². The van der Waals surface area contributed by atoms with Crippen LogP contribution < -0.4 is 5.32 Å².